The van der Waals surface area contributed by atoms with E-state index in [2.05, 4.69) is 43.3 Å². The number of ether oxygens (including phenoxy) is 2. The summed E-state index contributed by atoms with van der Waals surface area (Å²) in [5.41, 5.74) is 6.83. The van der Waals surface area contributed by atoms with Gasteiger partial charge < -0.3 is 9.47 Å². The highest BCUT2D eigenvalue weighted by Gasteiger charge is 2.20. The molecule has 4 rings (SSSR count). The van der Waals surface area contributed by atoms with E-state index in [1.807, 2.05) is 0 Å². The molecule has 0 N–H and O–H groups in total. The topological polar surface area (TPSA) is 18.5 Å². The van der Waals surface area contributed by atoms with Gasteiger partial charge in [-0.3, -0.25) is 0 Å². The van der Waals surface area contributed by atoms with E-state index >= 15 is 0 Å². The lowest BCUT2D eigenvalue weighted by molar-refractivity contribution is -0.105. The molecule has 21 heavy (non-hydrogen) atoms. The van der Waals surface area contributed by atoms with Gasteiger partial charge in [0, 0.05) is 6.42 Å². The van der Waals surface area contributed by atoms with E-state index in [1.165, 1.54) is 34.2 Å². The van der Waals surface area contributed by atoms with Gasteiger partial charge in [0.1, 0.15) is 5.75 Å². The van der Waals surface area contributed by atoms with E-state index in [-0.39, 0.29) is 6.29 Å². The fraction of sp³-hybridized carbons (Fsp3) is 0.368. The van der Waals surface area contributed by atoms with Crippen LogP contribution in [0.2, 0.25) is 0 Å². The number of benzene rings is 2. The van der Waals surface area contributed by atoms with Crippen LogP contribution in [0.4, 0.5) is 0 Å². The second-order valence-corrected chi connectivity index (χ2v) is 6.07. The third-order valence-corrected chi connectivity index (χ3v) is 4.42. The zero-order valence-corrected chi connectivity index (χ0v) is 12.4. The molecule has 1 unspecified atom stereocenters. The predicted octanol–water partition coefficient (Wildman–Crippen LogP) is 4.47. The monoisotopic (exact) mass is 280 g/mol. The first-order valence-corrected chi connectivity index (χ1v) is 7.81. The van der Waals surface area contributed by atoms with Crippen molar-refractivity contribution in [2.45, 2.75) is 38.9 Å². The number of hydrogen-bond acceptors (Lipinski definition) is 2. The Morgan fingerprint density at radius 1 is 1.00 bits per heavy atom. The van der Waals surface area contributed by atoms with E-state index in [0.717, 1.165) is 31.6 Å². The molecule has 0 radical (unpaired) electrons. The molecule has 1 aliphatic carbocycles. The minimum absolute atomic E-state index is 0.0668. The molecule has 0 spiro atoms. The number of hydrogen-bond donors (Lipinski definition) is 0. The van der Waals surface area contributed by atoms with Crippen molar-refractivity contribution in [3.05, 3.63) is 53.1 Å². The van der Waals surface area contributed by atoms with Crippen molar-refractivity contribution in [3.63, 3.8) is 0 Å². The quantitative estimate of drug-likeness (QED) is 0.689. The van der Waals surface area contributed by atoms with Crippen molar-refractivity contribution in [2.24, 2.45) is 0 Å². The van der Waals surface area contributed by atoms with E-state index in [0.29, 0.717) is 0 Å². The summed E-state index contributed by atoms with van der Waals surface area (Å²) in [7, 11) is 0. The third kappa shape index (κ3) is 2.44. The molecule has 0 saturated carbocycles. The molecule has 0 bridgehead atoms. The average Bonchev–Trinajstić information content (AvgIpc) is 2.85. The summed E-state index contributed by atoms with van der Waals surface area (Å²) in [6, 6.07) is 13.2. The van der Waals surface area contributed by atoms with E-state index in [9.17, 15) is 0 Å². The van der Waals surface area contributed by atoms with E-state index < -0.39 is 0 Å². The third-order valence-electron chi connectivity index (χ3n) is 4.42. The summed E-state index contributed by atoms with van der Waals surface area (Å²) in [5.74, 6) is 0.935. The van der Waals surface area contributed by atoms with Crippen LogP contribution in [0, 0.1) is 6.92 Å². The van der Waals surface area contributed by atoms with Crippen LogP contribution in [0.25, 0.3) is 11.1 Å². The second-order valence-electron chi connectivity index (χ2n) is 6.07. The van der Waals surface area contributed by atoms with Gasteiger partial charge in [-0.1, -0.05) is 29.8 Å². The van der Waals surface area contributed by atoms with Gasteiger partial charge in [-0.05, 0) is 60.6 Å². The number of fused-ring (bicyclic) bond motifs is 3. The zero-order chi connectivity index (χ0) is 14.2. The van der Waals surface area contributed by atoms with Gasteiger partial charge in [0.15, 0.2) is 6.29 Å². The van der Waals surface area contributed by atoms with Crippen LogP contribution in [-0.4, -0.2) is 12.9 Å². The maximum Gasteiger partial charge on any atom is 0.199 e. The van der Waals surface area contributed by atoms with Crippen molar-refractivity contribution >= 4 is 0 Å². The predicted molar refractivity (Wildman–Crippen MR) is 83.6 cm³/mol. The molecule has 2 nitrogen and oxygen atoms in total. The maximum absolute atomic E-state index is 5.98. The SMILES string of the molecule is Cc1ccc2c(c1)-c1ccc(OC3CCCCO3)cc1C2. The van der Waals surface area contributed by atoms with Gasteiger partial charge in [0.25, 0.3) is 0 Å². The first-order valence-electron chi connectivity index (χ1n) is 7.81. The van der Waals surface area contributed by atoms with Crippen molar-refractivity contribution in [1.82, 2.24) is 0 Å². The van der Waals surface area contributed by atoms with Crippen molar-refractivity contribution in [2.75, 3.05) is 6.61 Å². The molecular weight excluding hydrogens is 260 g/mol. The van der Waals surface area contributed by atoms with Gasteiger partial charge in [0.05, 0.1) is 6.61 Å². The fourth-order valence-corrected chi connectivity index (χ4v) is 3.31. The summed E-state index contributed by atoms with van der Waals surface area (Å²) in [6.07, 6.45) is 4.28. The van der Waals surface area contributed by atoms with Crippen LogP contribution in [0.15, 0.2) is 36.4 Å². The fourth-order valence-electron chi connectivity index (χ4n) is 3.31. The maximum atomic E-state index is 5.98. The normalized spacial score (nSPS) is 20.0. The molecule has 1 heterocycles. The molecule has 1 saturated heterocycles. The number of aryl methyl sites for hydroxylation is 1. The van der Waals surface area contributed by atoms with Gasteiger partial charge >= 0.3 is 0 Å². The van der Waals surface area contributed by atoms with Crippen LogP contribution in [0.5, 0.6) is 5.75 Å². The summed E-state index contributed by atoms with van der Waals surface area (Å²) in [4.78, 5) is 0. The molecule has 2 heteroatoms. The highest BCUT2D eigenvalue weighted by Crippen LogP contribution is 2.39. The molecule has 0 aromatic heterocycles. The van der Waals surface area contributed by atoms with Gasteiger partial charge in [-0.15, -0.1) is 0 Å². The molecule has 2 aromatic rings. The summed E-state index contributed by atoms with van der Waals surface area (Å²) >= 11 is 0. The summed E-state index contributed by atoms with van der Waals surface area (Å²) in [5, 5.41) is 0. The largest absolute Gasteiger partial charge is 0.465 e. The van der Waals surface area contributed by atoms with Crippen molar-refractivity contribution < 1.29 is 9.47 Å². The summed E-state index contributed by atoms with van der Waals surface area (Å²) < 4.78 is 11.6. The van der Waals surface area contributed by atoms with Crippen LogP contribution < -0.4 is 4.74 Å². The molecule has 108 valence electrons. The zero-order valence-electron chi connectivity index (χ0n) is 12.4. The molecule has 0 amide bonds. The molecule has 1 fully saturated rings. The minimum atomic E-state index is -0.0668. The Kier molecular flexibility index (Phi) is 3.19. The first kappa shape index (κ1) is 12.9. The van der Waals surface area contributed by atoms with Gasteiger partial charge in [-0.25, -0.2) is 0 Å². The Morgan fingerprint density at radius 3 is 2.81 bits per heavy atom. The van der Waals surface area contributed by atoms with Crippen molar-refractivity contribution in [3.8, 4) is 16.9 Å². The van der Waals surface area contributed by atoms with Crippen LogP contribution in [0.3, 0.4) is 0 Å². The lowest BCUT2D eigenvalue weighted by Crippen LogP contribution is -2.24. The Morgan fingerprint density at radius 2 is 1.95 bits per heavy atom. The Hall–Kier alpha value is -1.80. The lowest BCUT2D eigenvalue weighted by atomic mass is 10.0. The van der Waals surface area contributed by atoms with Crippen LogP contribution >= 0.6 is 0 Å². The molecule has 2 aromatic carbocycles. The average molecular weight is 280 g/mol. The van der Waals surface area contributed by atoms with E-state index in [1.54, 1.807) is 0 Å². The van der Waals surface area contributed by atoms with Gasteiger partial charge in [0.2, 0.25) is 0 Å². The highest BCUT2D eigenvalue weighted by atomic mass is 16.7. The summed E-state index contributed by atoms with van der Waals surface area (Å²) in [6.45, 7) is 2.97. The van der Waals surface area contributed by atoms with Crippen LogP contribution in [-0.2, 0) is 11.2 Å². The number of rotatable bonds is 2. The molecule has 1 aliphatic heterocycles. The first-order chi connectivity index (χ1) is 10.3. The lowest BCUT2D eigenvalue weighted by Gasteiger charge is -2.23. The Bertz CT molecular complexity index is 669. The van der Waals surface area contributed by atoms with Gasteiger partial charge in [-0.2, -0.15) is 0 Å². The molecular formula is C19H20O2. The van der Waals surface area contributed by atoms with E-state index in [4.69, 9.17) is 9.47 Å². The highest BCUT2D eigenvalue weighted by molar-refractivity contribution is 5.77. The minimum Gasteiger partial charge on any atom is -0.465 e. The smallest absolute Gasteiger partial charge is 0.199 e. The standard InChI is InChI=1S/C19H20O2/c1-13-5-6-14-11-15-12-16(7-8-17(15)18(14)10-13)21-19-4-2-3-9-20-19/h5-8,10,12,19H,2-4,9,11H2,1H3. The molecule has 1 atom stereocenters. The van der Waals surface area contributed by atoms with Crippen molar-refractivity contribution in [1.29, 1.82) is 0 Å². The Balaban J connectivity index is 1.60. The molecule has 2 aliphatic rings. The Labute approximate surface area is 125 Å². The second kappa shape index (κ2) is 5.19. The van der Waals surface area contributed by atoms with Crippen LogP contribution in [0.1, 0.15) is 36.0 Å².